The van der Waals surface area contributed by atoms with Crippen LogP contribution in [0.15, 0.2) is 24.5 Å². The van der Waals surface area contributed by atoms with Gasteiger partial charge in [-0.05, 0) is 37.3 Å². The van der Waals surface area contributed by atoms with Crippen molar-refractivity contribution in [3.8, 4) is 0 Å². The smallest absolute Gasteiger partial charge is 0.274 e. The molecule has 4 rings (SSSR count). The van der Waals surface area contributed by atoms with Crippen LogP contribution in [0.4, 0.5) is 5.69 Å². The van der Waals surface area contributed by atoms with Crippen LogP contribution in [-0.4, -0.2) is 59.2 Å². The lowest BCUT2D eigenvalue weighted by molar-refractivity contribution is 0.0778. The summed E-state index contributed by atoms with van der Waals surface area (Å²) in [5.41, 5.74) is 4.00. The fourth-order valence-corrected chi connectivity index (χ4v) is 4.10. The fourth-order valence-electron chi connectivity index (χ4n) is 4.10. The van der Waals surface area contributed by atoms with Crippen LogP contribution >= 0.6 is 0 Å². The first-order valence-corrected chi connectivity index (χ1v) is 9.89. The normalized spacial score (nSPS) is 17.6. The number of hydrogen-bond donors (Lipinski definition) is 2. The molecule has 0 aromatic carbocycles. The molecule has 7 heteroatoms. The molecule has 2 aromatic rings. The number of pyridine rings is 1. The predicted octanol–water partition coefficient (Wildman–Crippen LogP) is 1.83. The zero-order chi connectivity index (χ0) is 18.6. The molecule has 27 heavy (non-hydrogen) atoms. The van der Waals surface area contributed by atoms with Crippen LogP contribution in [0.2, 0.25) is 0 Å². The number of hydrogen-bond acceptors (Lipinski definition) is 5. The number of aromatic amines is 1. The number of amides is 1. The highest BCUT2D eigenvalue weighted by Crippen LogP contribution is 2.25. The van der Waals surface area contributed by atoms with Crippen molar-refractivity contribution in [2.45, 2.75) is 32.2 Å². The summed E-state index contributed by atoms with van der Waals surface area (Å²) in [5.74, 6) is 0.707. The van der Waals surface area contributed by atoms with Gasteiger partial charge in [0.2, 0.25) is 0 Å². The summed E-state index contributed by atoms with van der Waals surface area (Å²) >= 11 is 0. The number of piperidine rings is 1. The molecule has 0 unspecified atom stereocenters. The molecule has 0 saturated carbocycles. The summed E-state index contributed by atoms with van der Waals surface area (Å²) < 4.78 is 0. The number of rotatable bonds is 5. The van der Waals surface area contributed by atoms with Gasteiger partial charge in [-0.3, -0.25) is 14.9 Å². The molecule has 2 aliphatic heterocycles. The van der Waals surface area contributed by atoms with Crippen molar-refractivity contribution in [2.75, 3.05) is 38.1 Å². The molecule has 4 heterocycles. The predicted molar refractivity (Wildman–Crippen MR) is 105 cm³/mol. The number of carbonyl (C=O) groups is 1. The van der Waals surface area contributed by atoms with E-state index in [4.69, 9.17) is 0 Å². The summed E-state index contributed by atoms with van der Waals surface area (Å²) in [7, 11) is 1.89. The molecule has 0 bridgehead atoms. The van der Waals surface area contributed by atoms with Crippen LogP contribution in [0.25, 0.3) is 0 Å². The topological polar surface area (TPSA) is 77.2 Å². The average molecular weight is 368 g/mol. The van der Waals surface area contributed by atoms with E-state index in [1.165, 1.54) is 18.5 Å². The molecule has 1 fully saturated rings. The molecule has 2 aromatic heterocycles. The highest BCUT2D eigenvalue weighted by molar-refractivity contribution is 5.93. The second-order valence-corrected chi connectivity index (χ2v) is 7.61. The van der Waals surface area contributed by atoms with Gasteiger partial charge in [0.1, 0.15) is 0 Å². The SMILES string of the molecule is CN(CCC1CCN(c2ccncc2)CC1)C(=O)c1n[nH]c2c1CNCC2. The molecule has 144 valence electrons. The minimum Gasteiger partial charge on any atom is -0.371 e. The molecule has 2 N–H and O–H groups in total. The van der Waals surface area contributed by atoms with E-state index >= 15 is 0 Å². The minimum absolute atomic E-state index is 0.0328. The van der Waals surface area contributed by atoms with Crippen molar-refractivity contribution in [1.29, 1.82) is 0 Å². The van der Waals surface area contributed by atoms with Crippen LogP contribution < -0.4 is 10.2 Å². The van der Waals surface area contributed by atoms with Gasteiger partial charge in [0.25, 0.3) is 5.91 Å². The number of fused-ring (bicyclic) bond motifs is 1. The van der Waals surface area contributed by atoms with E-state index in [2.05, 4.69) is 37.5 Å². The second-order valence-electron chi connectivity index (χ2n) is 7.61. The van der Waals surface area contributed by atoms with Gasteiger partial charge in [-0.25, -0.2) is 0 Å². The first-order valence-electron chi connectivity index (χ1n) is 9.89. The van der Waals surface area contributed by atoms with Crippen LogP contribution in [0.3, 0.4) is 0 Å². The Kier molecular flexibility index (Phi) is 5.38. The molecule has 0 spiro atoms. The number of aromatic nitrogens is 3. The quantitative estimate of drug-likeness (QED) is 0.842. The lowest BCUT2D eigenvalue weighted by Gasteiger charge is -2.34. The summed E-state index contributed by atoms with van der Waals surface area (Å²) in [6.45, 7) is 4.61. The van der Waals surface area contributed by atoms with E-state index in [0.717, 1.165) is 56.8 Å². The standard InChI is InChI=1S/C20H28N6O/c1-25(20(27)19-17-14-22-10-4-18(17)23-24-19)11-5-15-6-12-26(13-7-15)16-2-8-21-9-3-16/h2-3,8-9,15,22H,4-7,10-14H2,1H3,(H,23,24). The Bertz CT molecular complexity index is 766. The van der Waals surface area contributed by atoms with Crippen molar-refractivity contribution in [3.63, 3.8) is 0 Å². The van der Waals surface area contributed by atoms with Crippen molar-refractivity contribution < 1.29 is 4.79 Å². The van der Waals surface area contributed by atoms with Gasteiger partial charge in [0.15, 0.2) is 5.69 Å². The van der Waals surface area contributed by atoms with Crippen LogP contribution in [0, 0.1) is 5.92 Å². The Morgan fingerprint density at radius 2 is 2.07 bits per heavy atom. The second kappa shape index (κ2) is 8.08. The first kappa shape index (κ1) is 18.0. The van der Waals surface area contributed by atoms with E-state index in [9.17, 15) is 4.79 Å². The highest BCUT2D eigenvalue weighted by atomic mass is 16.2. The largest absolute Gasteiger partial charge is 0.371 e. The Hall–Kier alpha value is -2.41. The van der Waals surface area contributed by atoms with E-state index < -0.39 is 0 Å². The molecule has 0 radical (unpaired) electrons. The lowest BCUT2D eigenvalue weighted by atomic mass is 9.93. The van der Waals surface area contributed by atoms with E-state index in [-0.39, 0.29) is 5.91 Å². The number of carbonyl (C=O) groups excluding carboxylic acids is 1. The van der Waals surface area contributed by atoms with Gasteiger partial charge in [0.05, 0.1) is 0 Å². The van der Waals surface area contributed by atoms with Crippen molar-refractivity contribution >= 4 is 11.6 Å². The van der Waals surface area contributed by atoms with Crippen molar-refractivity contribution in [3.05, 3.63) is 41.5 Å². The van der Waals surface area contributed by atoms with Gasteiger partial charge in [-0.15, -0.1) is 0 Å². The molecular weight excluding hydrogens is 340 g/mol. The van der Waals surface area contributed by atoms with Crippen LogP contribution in [-0.2, 0) is 13.0 Å². The van der Waals surface area contributed by atoms with E-state index in [1.54, 1.807) is 0 Å². The highest BCUT2D eigenvalue weighted by Gasteiger charge is 2.25. The van der Waals surface area contributed by atoms with Gasteiger partial charge in [0, 0.05) is 75.5 Å². The summed E-state index contributed by atoms with van der Waals surface area (Å²) in [4.78, 5) is 21.1. The molecule has 1 amide bonds. The van der Waals surface area contributed by atoms with Crippen LogP contribution in [0.5, 0.6) is 0 Å². The number of nitrogens with one attached hydrogen (secondary N) is 2. The summed E-state index contributed by atoms with van der Waals surface area (Å²) in [6, 6.07) is 4.15. The Balaban J connectivity index is 1.27. The Morgan fingerprint density at radius 3 is 2.85 bits per heavy atom. The van der Waals surface area contributed by atoms with Gasteiger partial charge in [-0.1, -0.05) is 0 Å². The third-order valence-corrected chi connectivity index (χ3v) is 5.87. The fraction of sp³-hybridized carbons (Fsp3) is 0.550. The van der Waals surface area contributed by atoms with Crippen LogP contribution in [0.1, 0.15) is 41.0 Å². The van der Waals surface area contributed by atoms with Crippen molar-refractivity contribution in [2.24, 2.45) is 5.92 Å². The number of H-pyrrole nitrogens is 1. The third kappa shape index (κ3) is 3.98. The number of nitrogens with zero attached hydrogens (tertiary/aromatic N) is 4. The van der Waals surface area contributed by atoms with Gasteiger partial charge < -0.3 is 15.1 Å². The third-order valence-electron chi connectivity index (χ3n) is 5.87. The van der Waals surface area contributed by atoms with Gasteiger partial charge in [-0.2, -0.15) is 5.10 Å². The lowest BCUT2D eigenvalue weighted by Crippen LogP contribution is -2.36. The molecule has 7 nitrogen and oxygen atoms in total. The molecule has 0 atom stereocenters. The zero-order valence-electron chi connectivity index (χ0n) is 15.9. The Morgan fingerprint density at radius 1 is 1.30 bits per heavy atom. The molecule has 0 aliphatic carbocycles. The Labute approximate surface area is 160 Å². The summed E-state index contributed by atoms with van der Waals surface area (Å²) in [5, 5.41) is 10.7. The maximum absolute atomic E-state index is 12.8. The van der Waals surface area contributed by atoms with Crippen molar-refractivity contribution in [1.82, 2.24) is 25.4 Å². The van der Waals surface area contributed by atoms with Gasteiger partial charge >= 0.3 is 0 Å². The average Bonchev–Trinajstić information content (AvgIpc) is 3.16. The number of anilines is 1. The molecular formula is C20H28N6O. The van der Waals surface area contributed by atoms with E-state index in [0.29, 0.717) is 11.6 Å². The monoisotopic (exact) mass is 368 g/mol. The molecule has 1 saturated heterocycles. The summed E-state index contributed by atoms with van der Waals surface area (Å²) in [6.07, 6.45) is 8.02. The molecule has 2 aliphatic rings. The zero-order valence-corrected chi connectivity index (χ0v) is 15.9. The maximum Gasteiger partial charge on any atom is 0.274 e. The first-order chi connectivity index (χ1) is 13.2. The minimum atomic E-state index is 0.0328. The van der Waals surface area contributed by atoms with E-state index in [1.807, 2.05) is 24.3 Å². The maximum atomic E-state index is 12.8.